The lowest BCUT2D eigenvalue weighted by atomic mass is 9.90. The van der Waals surface area contributed by atoms with Gasteiger partial charge in [0.25, 0.3) is 0 Å². The Bertz CT molecular complexity index is 1780. The van der Waals surface area contributed by atoms with Crippen molar-refractivity contribution in [1.29, 1.82) is 0 Å². The zero-order chi connectivity index (χ0) is 28.7. The van der Waals surface area contributed by atoms with E-state index in [0.29, 0.717) is 27.4 Å². The Kier molecular flexibility index (Phi) is 7.27. The van der Waals surface area contributed by atoms with Gasteiger partial charge >= 0.3 is 6.01 Å². The van der Waals surface area contributed by atoms with Crippen molar-refractivity contribution >= 4 is 39.4 Å². The largest absolute Gasteiger partial charge is 0.424 e. The fourth-order valence-corrected chi connectivity index (χ4v) is 5.95. The number of carbonyl (C=O) groups excluding carboxylic acids is 1. The second-order valence-corrected chi connectivity index (χ2v) is 10.7. The lowest BCUT2D eigenvalue weighted by molar-refractivity contribution is -0.124. The Morgan fingerprint density at radius 2 is 1.88 bits per heavy atom. The minimum Gasteiger partial charge on any atom is -0.424 e. The predicted octanol–water partition coefficient (Wildman–Crippen LogP) is 5.84. The fourth-order valence-electron chi connectivity index (χ4n) is 5.68. The highest BCUT2D eigenvalue weighted by Crippen LogP contribution is 2.39. The molecule has 11 heteroatoms. The van der Waals surface area contributed by atoms with Crippen LogP contribution in [0.4, 0.5) is 4.39 Å². The van der Waals surface area contributed by atoms with Crippen LogP contribution in [0.3, 0.4) is 0 Å². The number of pyridine rings is 1. The third kappa shape index (κ3) is 5.32. The number of aromatic nitrogens is 5. The summed E-state index contributed by atoms with van der Waals surface area (Å²) in [4.78, 5) is 29.3. The molecule has 6 rings (SSSR count). The van der Waals surface area contributed by atoms with Gasteiger partial charge in [-0.1, -0.05) is 11.6 Å². The Hall–Kier alpha value is -4.15. The van der Waals surface area contributed by atoms with E-state index in [1.165, 1.54) is 6.07 Å². The van der Waals surface area contributed by atoms with Crippen molar-refractivity contribution in [3.05, 3.63) is 71.2 Å². The first-order valence-electron chi connectivity index (χ1n) is 13.4. The molecule has 1 amide bonds. The van der Waals surface area contributed by atoms with Crippen molar-refractivity contribution in [3.8, 4) is 22.9 Å². The van der Waals surface area contributed by atoms with E-state index in [4.69, 9.17) is 26.4 Å². The second kappa shape index (κ2) is 11.0. The molecule has 9 nitrogen and oxygen atoms in total. The topological polar surface area (TPSA) is 115 Å². The molecule has 0 radical (unpaired) electrons. The third-order valence-corrected chi connectivity index (χ3v) is 7.88. The number of aliphatic hydroxyl groups is 1. The molecule has 210 valence electrons. The summed E-state index contributed by atoms with van der Waals surface area (Å²) in [5, 5.41) is 13.0. The molecule has 5 aromatic rings. The number of aliphatic hydroxyl groups excluding tert-OH is 1. The number of fused-ring (bicyclic) bond motifs is 3. The number of aryl methyl sites for hydroxylation is 2. The van der Waals surface area contributed by atoms with E-state index in [9.17, 15) is 4.79 Å². The van der Waals surface area contributed by atoms with E-state index in [-0.39, 0.29) is 24.0 Å². The summed E-state index contributed by atoms with van der Waals surface area (Å²) in [7, 11) is 0. The lowest BCUT2D eigenvalue weighted by Crippen LogP contribution is -2.39. The van der Waals surface area contributed by atoms with Gasteiger partial charge in [0.15, 0.2) is 0 Å². The van der Waals surface area contributed by atoms with Gasteiger partial charge in [-0.05, 0) is 63.8 Å². The maximum atomic E-state index is 15.5. The Morgan fingerprint density at radius 1 is 1.07 bits per heavy atom. The van der Waals surface area contributed by atoms with Crippen LogP contribution >= 0.6 is 11.6 Å². The summed E-state index contributed by atoms with van der Waals surface area (Å²) in [6.45, 7) is 3.30. The fraction of sp³-hybridized carbons (Fsp3) is 0.300. The number of rotatable bonds is 6. The molecule has 0 spiro atoms. The van der Waals surface area contributed by atoms with Gasteiger partial charge in [0.1, 0.15) is 29.5 Å². The quantitative estimate of drug-likeness (QED) is 0.262. The SMILES string of the molecule is Cc1ccnc(Oc2ccc(-c3cc4c(cc3F)ncc3nc(C)n(C5CCC(NC(=O)CO)CC5)c34)c(Cl)c2)n1. The van der Waals surface area contributed by atoms with E-state index < -0.39 is 12.4 Å². The van der Waals surface area contributed by atoms with Crippen LogP contribution in [-0.2, 0) is 4.79 Å². The molecule has 2 N–H and O–H groups in total. The number of imidazole rings is 1. The van der Waals surface area contributed by atoms with Gasteiger partial charge < -0.3 is 19.7 Å². The average Bonchev–Trinajstić information content (AvgIpc) is 3.29. The standard InChI is InChI=1S/C30H28ClFN6O3/c1-16-9-10-33-30(35-16)41-20-7-8-21(24(31)11-20)22-12-23-26(13-25(22)32)34-14-27-29(23)38(17(2)36-27)19-5-3-18(4-6-19)37-28(40)15-39/h7-14,18-19,39H,3-6,15H2,1-2H3,(H,37,40). The van der Waals surface area contributed by atoms with Gasteiger partial charge in [-0.15, -0.1) is 0 Å². The summed E-state index contributed by atoms with van der Waals surface area (Å²) < 4.78 is 23.5. The van der Waals surface area contributed by atoms with Crippen LogP contribution in [0.25, 0.3) is 33.1 Å². The van der Waals surface area contributed by atoms with Gasteiger partial charge in [0.2, 0.25) is 5.91 Å². The molecule has 0 aliphatic heterocycles. The molecule has 0 atom stereocenters. The van der Waals surface area contributed by atoms with Gasteiger partial charge in [0, 0.05) is 52.6 Å². The van der Waals surface area contributed by atoms with Crippen molar-refractivity contribution < 1.29 is 19.0 Å². The van der Waals surface area contributed by atoms with Crippen molar-refractivity contribution in [2.45, 2.75) is 51.6 Å². The minimum atomic E-state index is -0.510. The first-order chi connectivity index (χ1) is 19.8. The first kappa shape index (κ1) is 27.0. The zero-order valence-electron chi connectivity index (χ0n) is 22.6. The number of hydrogen-bond donors (Lipinski definition) is 2. The van der Waals surface area contributed by atoms with Gasteiger partial charge in [-0.25, -0.2) is 19.3 Å². The molecule has 41 heavy (non-hydrogen) atoms. The van der Waals surface area contributed by atoms with E-state index in [1.54, 1.807) is 42.7 Å². The van der Waals surface area contributed by atoms with Crippen LogP contribution in [0.15, 0.2) is 48.8 Å². The van der Waals surface area contributed by atoms with Crippen molar-refractivity contribution in [2.24, 2.45) is 0 Å². The van der Waals surface area contributed by atoms with Gasteiger partial charge in [0.05, 0.1) is 22.3 Å². The first-order valence-corrected chi connectivity index (χ1v) is 13.8. The number of nitrogens with one attached hydrogen (secondary N) is 1. The highest BCUT2D eigenvalue weighted by atomic mass is 35.5. The summed E-state index contributed by atoms with van der Waals surface area (Å²) in [6, 6.07) is 10.4. The molecular weight excluding hydrogens is 547 g/mol. The number of nitrogens with zero attached hydrogens (tertiary/aromatic N) is 5. The maximum absolute atomic E-state index is 15.5. The Labute approximate surface area is 240 Å². The molecule has 1 saturated carbocycles. The minimum absolute atomic E-state index is 0.0340. The number of ether oxygens (including phenoxy) is 1. The van der Waals surface area contributed by atoms with Crippen molar-refractivity contribution in [1.82, 2.24) is 29.8 Å². The molecule has 3 heterocycles. The summed E-state index contributed by atoms with van der Waals surface area (Å²) in [5.41, 5.74) is 3.78. The van der Waals surface area contributed by atoms with E-state index in [2.05, 4.69) is 24.8 Å². The number of carbonyl (C=O) groups is 1. The second-order valence-electron chi connectivity index (χ2n) is 10.3. The van der Waals surface area contributed by atoms with Crippen LogP contribution < -0.4 is 10.1 Å². The zero-order valence-corrected chi connectivity index (χ0v) is 23.3. The van der Waals surface area contributed by atoms with Crippen molar-refractivity contribution in [3.63, 3.8) is 0 Å². The molecule has 1 aliphatic carbocycles. The van der Waals surface area contributed by atoms with Crippen LogP contribution in [0, 0.1) is 19.7 Å². The summed E-state index contributed by atoms with van der Waals surface area (Å²) in [5.74, 6) is 0.492. The van der Waals surface area contributed by atoms with E-state index in [1.807, 2.05) is 13.8 Å². The molecule has 3 aromatic heterocycles. The van der Waals surface area contributed by atoms with Crippen LogP contribution in [0.5, 0.6) is 11.8 Å². The molecule has 0 bridgehead atoms. The lowest BCUT2D eigenvalue weighted by Gasteiger charge is -2.31. The number of benzene rings is 2. The third-order valence-electron chi connectivity index (χ3n) is 7.56. The molecular formula is C30H28ClFN6O3. The molecule has 2 aromatic carbocycles. The summed E-state index contributed by atoms with van der Waals surface area (Å²) in [6.07, 6.45) is 6.53. The summed E-state index contributed by atoms with van der Waals surface area (Å²) >= 11 is 6.65. The van der Waals surface area contributed by atoms with Gasteiger partial charge in [-0.2, -0.15) is 0 Å². The predicted molar refractivity (Wildman–Crippen MR) is 154 cm³/mol. The highest BCUT2D eigenvalue weighted by molar-refractivity contribution is 6.33. The highest BCUT2D eigenvalue weighted by Gasteiger charge is 2.27. The smallest absolute Gasteiger partial charge is 0.322 e. The van der Waals surface area contributed by atoms with E-state index in [0.717, 1.165) is 53.6 Å². The van der Waals surface area contributed by atoms with Gasteiger partial charge in [-0.3, -0.25) is 9.78 Å². The molecule has 1 aliphatic rings. The van der Waals surface area contributed by atoms with Crippen molar-refractivity contribution in [2.75, 3.05) is 6.61 Å². The van der Waals surface area contributed by atoms with E-state index >= 15 is 4.39 Å². The normalized spacial score (nSPS) is 17.2. The monoisotopic (exact) mass is 574 g/mol. The van der Waals surface area contributed by atoms with Crippen LogP contribution in [0.2, 0.25) is 5.02 Å². The molecule has 1 fully saturated rings. The Balaban J connectivity index is 1.37. The number of amides is 1. The average molecular weight is 575 g/mol. The Morgan fingerprint density at radius 3 is 2.61 bits per heavy atom. The molecule has 0 unspecified atom stereocenters. The number of hydrogen-bond acceptors (Lipinski definition) is 7. The van der Waals surface area contributed by atoms with Crippen LogP contribution in [-0.4, -0.2) is 48.2 Å². The molecule has 0 saturated heterocycles. The number of halogens is 2. The van der Waals surface area contributed by atoms with Crippen LogP contribution in [0.1, 0.15) is 43.2 Å². The maximum Gasteiger partial charge on any atom is 0.322 e.